The number of nitrogens with zero attached hydrogens (tertiary/aromatic N) is 3. The fourth-order valence-corrected chi connectivity index (χ4v) is 5.96. The van der Waals surface area contributed by atoms with Crippen molar-refractivity contribution in [3.8, 4) is 56.4 Å². The molecule has 8 rings (SSSR count). The third kappa shape index (κ3) is 4.81. The van der Waals surface area contributed by atoms with E-state index in [1.807, 2.05) is 30.3 Å². The minimum Gasteiger partial charge on any atom is -0.208 e. The van der Waals surface area contributed by atoms with Crippen molar-refractivity contribution in [1.82, 2.24) is 15.0 Å². The van der Waals surface area contributed by atoms with Gasteiger partial charge in [-0.15, -0.1) is 0 Å². The van der Waals surface area contributed by atoms with E-state index in [4.69, 9.17) is 15.0 Å². The highest BCUT2D eigenvalue weighted by Crippen LogP contribution is 2.34. The van der Waals surface area contributed by atoms with Crippen molar-refractivity contribution in [1.29, 1.82) is 0 Å². The Morgan fingerprint density at radius 3 is 1.16 bits per heavy atom. The fraction of sp³-hybridized carbons (Fsp3) is 0. The van der Waals surface area contributed by atoms with Crippen LogP contribution in [0, 0.1) is 0 Å². The smallest absolute Gasteiger partial charge is 0.164 e. The predicted molar refractivity (Wildman–Crippen MR) is 182 cm³/mol. The first kappa shape index (κ1) is 25.8. The second-order valence-electron chi connectivity index (χ2n) is 10.9. The fourth-order valence-electron chi connectivity index (χ4n) is 5.96. The Balaban J connectivity index is 1.28. The first-order valence-corrected chi connectivity index (χ1v) is 14.8. The summed E-state index contributed by atoms with van der Waals surface area (Å²) in [5, 5.41) is 4.88. The molecule has 0 spiro atoms. The first-order valence-electron chi connectivity index (χ1n) is 14.8. The number of benzene rings is 7. The molecule has 0 atom stereocenters. The zero-order chi connectivity index (χ0) is 29.3. The Kier molecular flexibility index (Phi) is 6.47. The van der Waals surface area contributed by atoms with Gasteiger partial charge in [0.2, 0.25) is 0 Å². The van der Waals surface area contributed by atoms with Crippen LogP contribution in [0.5, 0.6) is 0 Å². The maximum Gasteiger partial charge on any atom is 0.164 e. The van der Waals surface area contributed by atoms with Crippen LogP contribution in [0.3, 0.4) is 0 Å². The van der Waals surface area contributed by atoms with Gasteiger partial charge in [0.15, 0.2) is 17.5 Å². The third-order valence-electron chi connectivity index (χ3n) is 8.11. The Morgan fingerprint density at radius 2 is 0.636 bits per heavy atom. The molecule has 0 fully saturated rings. The summed E-state index contributed by atoms with van der Waals surface area (Å²) in [7, 11) is 0. The highest BCUT2D eigenvalue weighted by molar-refractivity contribution is 5.98. The van der Waals surface area contributed by atoms with Gasteiger partial charge >= 0.3 is 0 Å². The number of rotatable bonds is 5. The highest BCUT2D eigenvalue weighted by atomic mass is 15.0. The molecule has 8 aromatic rings. The van der Waals surface area contributed by atoms with E-state index in [0.29, 0.717) is 17.5 Å². The lowest BCUT2D eigenvalue weighted by Crippen LogP contribution is -2.00. The summed E-state index contributed by atoms with van der Waals surface area (Å²) in [6.07, 6.45) is 0. The molecule has 0 amide bonds. The van der Waals surface area contributed by atoms with Crippen molar-refractivity contribution >= 4 is 21.5 Å². The van der Waals surface area contributed by atoms with E-state index in [2.05, 4.69) is 133 Å². The quantitative estimate of drug-likeness (QED) is 0.210. The van der Waals surface area contributed by atoms with Crippen LogP contribution in [0.15, 0.2) is 164 Å². The topological polar surface area (TPSA) is 38.7 Å². The maximum atomic E-state index is 5.07. The van der Waals surface area contributed by atoms with Crippen LogP contribution in [-0.2, 0) is 0 Å². The molecule has 1 heterocycles. The molecule has 7 aromatic carbocycles. The molecule has 1 aromatic heterocycles. The molecule has 0 aliphatic rings. The molecule has 0 saturated heterocycles. The molecule has 0 bridgehead atoms. The SMILES string of the molecule is c1ccc(-c2nc(-c3cccc(-c4cccc5ccccc45)c3)nc(-c3cccc(-c4cccc5ccccc45)c3)n2)cc1. The Hall–Kier alpha value is -5.93. The standard InChI is InChI=1S/C41H27N3/c1-2-14-30(15-3-1)39-42-40(33-20-8-18-31(26-33)37-24-10-16-28-12-4-6-22-35(28)37)44-41(43-39)34-21-9-19-32(27-34)38-25-11-17-29-13-5-7-23-36(29)38/h1-27H. The van der Waals surface area contributed by atoms with Crippen molar-refractivity contribution < 1.29 is 0 Å². The summed E-state index contributed by atoms with van der Waals surface area (Å²) < 4.78 is 0. The molecule has 44 heavy (non-hydrogen) atoms. The van der Waals surface area contributed by atoms with Crippen molar-refractivity contribution in [3.05, 3.63) is 164 Å². The van der Waals surface area contributed by atoms with Gasteiger partial charge in [0.1, 0.15) is 0 Å². The zero-order valence-corrected chi connectivity index (χ0v) is 23.9. The summed E-state index contributed by atoms with van der Waals surface area (Å²) in [5.41, 5.74) is 7.47. The molecule has 0 aliphatic carbocycles. The highest BCUT2D eigenvalue weighted by Gasteiger charge is 2.14. The van der Waals surface area contributed by atoms with E-state index in [0.717, 1.165) is 27.8 Å². The van der Waals surface area contributed by atoms with E-state index in [1.165, 1.54) is 32.7 Å². The summed E-state index contributed by atoms with van der Waals surface area (Å²) in [6.45, 7) is 0. The Morgan fingerprint density at radius 1 is 0.273 bits per heavy atom. The van der Waals surface area contributed by atoms with Gasteiger partial charge in [0, 0.05) is 16.7 Å². The van der Waals surface area contributed by atoms with Crippen molar-refractivity contribution in [3.63, 3.8) is 0 Å². The van der Waals surface area contributed by atoms with E-state index in [1.54, 1.807) is 0 Å². The molecule has 0 saturated carbocycles. The summed E-state index contributed by atoms with van der Waals surface area (Å²) >= 11 is 0. The average molecular weight is 562 g/mol. The molecular weight excluding hydrogens is 534 g/mol. The van der Waals surface area contributed by atoms with E-state index in [9.17, 15) is 0 Å². The molecule has 0 radical (unpaired) electrons. The van der Waals surface area contributed by atoms with Crippen molar-refractivity contribution in [2.75, 3.05) is 0 Å². The minimum absolute atomic E-state index is 0.645. The van der Waals surface area contributed by atoms with Gasteiger partial charge in [-0.2, -0.15) is 0 Å². The molecule has 3 heteroatoms. The van der Waals surface area contributed by atoms with Gasteiger partial charge in [-0.25, -0.2) is 15.0 Å². The maximum absolute atomic E-state index is 5.07. The zero-order valence-electron chi connectivity index (χ0n) is 23.9. The molecule has 3 nitrogen and oxygen atoms in total. The number of hydrogen-bond acceptors (Lipinski definition) is 3. The Bertz CT molecular complexity index is 2140. The largest absolute Gasteiger partial charge is 0.208 e. The van der Waals surface area contributed by atoms with Gasteiger partial charge in [0.05, 0.1) is 0 Å². The van der Waals surface area contributed by atoms with Crippen molar-refractivity contribution in [2.24, 2.45) is 0 Å². The van der Waals surface area contributed by atoms with E-state index in [-0.39, 0.29) is 0 Å². The number of hydrogen-bond donors (Lipinski definition) is 0. The second kappa shape index (κ2) is 11.0. The van der Waals surface area contributed by atoms with E-state index < -0.39 is 0 Å². The van der Waals surface area contributed by atoms with Gasteiger partial charge < -0.3 is 0 Å². The lowest BCUT2D eigenvalue weighted by Gasteiger charge is -2.12. The average Bonchev–Trinajstić information content (AvgIpc) is 3.11. The Labute approximate surface area is 256 Å². The summed E-state index contributed by atoms with van der Waals surface area (Å²) in [6, 6.07) is 57.0. The van der Waals surface area contributed by atoms with Gasteiger partial charge in [-0.05, 0) is 55.9 Å². The minimum atomic E-state index is 0.645. The molecule has 0 aliphatic heterocycles. The van der Waals surface area contributed by atoms with Crippen LogP contribution in [0.4, 0.5) is 0 Å². The summed E-state index contributed by atoms with van der Waals surface area (Å²) in [5.74, 6) is 1.94. The second-order valence-corrected chi connectivity index (χ2v) is 10.9. The predicted octanol–water partition coefficient (Wildman–Crippen LogP) is 10.5. The lowest BCUT2D eigenvalue weighted by molar-refractivity contribution is 1.07. The number of aromatic nitrogens is 3. The molecule has 206 valence electrons. The van der Waals surface area contributed by atoms with Gasteiger partial charge in [-0.1, -0.05) is 152 Å². The lowest BCUT2D eigenvalue weighted by atomic mass is 9.96. The van der Waals surface area contributed by atoms with E-state index >= 15 is 0 Å². The van der Waals surface area contributed by atoms with Crippen LogP contribution in [0.2, 0.25) is 0 Å². The number of fused-ring (bicyclic) bond motifs is 2. The molecule has 0 N–H and O–H groups in total. The molecular formula is C41H27N3. The van der Waals surface area contributed by atoms with Crippen LogP contribution >= 0.6 is 0 Å². The van der Waals surface area contributed by atoms with Crippen LogP contribution in [0.25, 0.3) is 78.0 Å². The first-order chi connectivity index (χ1) is 21.8. The van der Waals surface area contributed by atoms with Gasteiger partial charge in [-0.3, -0.25) is 0 Å². The monoisotopic (exact) mass is 561 g/mol. The van der Waals surface area contributed by atoms with Crippen molar-refractivity contribution in [2.45, 2.75) is 0 Å². The van der Waals surface area contributed by atoms with Crippen LogP contribution in [-0.4, -0.2) is 15.0 Å². The van der Waals surface area contributed by atoms with Crippen LogP contribution in [0.1, 0.15) is 0 Å². The van der Waals surface area contributed by atoms with Crippen LogP contribution < -0.4 is 0 Å². The third-order valence-corrected chi connectivity index (χ3v) is 8.11. The summed E-state index contributed by atoms with van der Waals surface area (Å²) in [4.78, 5) is 15.1. The normalized spacial score (nSPS) is 11.2. The van der Waals surface area contributed by atoms with Gasteiger partial charge in [0.25, 0.3) is 0 Å². The molecule has 0 unspecified atom stereocenters.